The molecule has 1 saturated heterocycles. The Hall–Kier alpha value is -3.18. The van der Waals surface area contributed by atoms with Crippen LogP contribution < -0.4 is 9.47 Å². The average molecular weight is 462 g/mol. The van der Waals surface area contributed by atoms with E-state index in [1.54, 1.807) is 30.3 Å². The van der Waals surface area contributed by atoms with Crippen LogP contribution in [0.5, 0.6) is 23.0 Å². The molecule has 3 aromatic rings. The smallest absolute Gasteiger partial charge is 0.124 e. The number of hydrogen-bond acceptors (Lipinski definition) is 5. The first kappa shape index (κ1) is 24.0. The van der Waals surface area contributed by atoms with E-state index in [0.29, 0.717) is 17.4 Å². The summed E-state index contributed by atoms with van der Waals surface area (Å²) in [6.07, 6.45) is 3.75. The third-order valence-electron chi connectivity index (χ3n) is 6.42. The molecule has 3 aromatic carbocycles. The number of likely N-dealkylation sites (tertiary alicyclic amines) is 1. The molecular formula is C29H35NO4. The molecule has 5 rings (SSSR count). The number of fused-ring (bicyclic) bond motifs is 1. The summed E-state index contributed by atoms with van der Waals surface area (Å²) in [4.78, 5) is 2.48. The van der Waals surface area contributed by atoms with Gasteiger partial charge in [-0.2, -0.15) is 0 Å². The number of nitrogens with zero attached hydrogens (tertiary/aromatic N) is 1. The lowest BCUT2D eigenvalue weighted by Crippen LogP contribution is -2.31. The molecule has 0 saturated carbocycles. The molecule has 2 aliphatic heterocycles. The standard InChI is InChI=1S/C23H29NO3.C6H6O/c1-16-13-23(27-22-10-7-19(25)14-21(16)22)18-5-8-20(9-6-18)26-17(2)15-24-11-3-4-12-24;7-6-4-2-1-3-5-6/h5-10,14,16-17,23,25H,3-4,11-13,15H2,1-2H3;1-5,7H/t16-,17+,23+;/m0./s1. The summed E-state index contributed by atoms with van der Waals surface area (Å²) in [7, 11) is 0. The molecule has 5 nitrogen and oxygen atoms in total. The molecule has 0 spiro atoms. The van der Waals surface area contributed by atoms with Crippen molar-refractivity contribution in [3.05, 3.63) is 83.9 Å². The minimum atomic E-state index is 0.0353. The van der Waals surface area contributed by atoms with Crippen molar-refractivity contribution in [2.24, 2.45) is 0 Å². The number of phenols is 2. The fraction of sp³-hybridized carbons (Fsp3) is 0.379. The molecule has 0 bridgehead atoms. The third kappa shape index (κ3) is 6.45. The van der Waals surface area contributed by atoms with Crippen molar-refractivity contribution in [3.8, 4) is 23.0 Å². The molecule has 0 aromatic heterocycles. The van der Waals surface area contributed by atoms with Crippen molar-refractivity contribution in [1.82, 2.24) is 4.90 Å². The van der Waals surface area contributed by atoms with Gasteiger partial charge in [-0.25, -0.2) is 0 Å². The number of benzene rings is 3. The summed E-state index contributed by atoms with van der Waals surface area (Å²) in [5.41, 5.74) is 2.25. The number of phenolic OH excluding ortho intramolecular Hbond substituents is 2. The highest BCUT2D eigenvalue weighted by atomic mass is 16.5. The number of hydrogen-bond donors (Lipinski definition) is 2. The van der Waals surface area contributed by atoms with Crippen molar-refractivity contribution in [1.29, 1.82) is 0 Å². The van der Waals surface area contributed by atoms with Gasteiger partial charge in [-0.3, -0.25) is 4.90 Å². The van der Waals surface area contributed by atoms with E-state index in [0.717, 1.165) is 30.0 Å². The highest BCUT2D eigenvalue weighted by Gasteiger charge is 2.27. The minimum absolute atomic E-state index is 0.0353. The highest BCUT2D eigenvalue weighted by molar-refractivity contribution is 5.44. The zero-order chi connectivity index (χ0) is 23.9. The van der Waals surface area contributed by atoms with E-state index >= 15 is 0 Å². The van der Waals surface area contributed by atoms with E-state index in [2.05, 4.69) is 43.0 Å². The second kappa shape index (κ2) is 11.3. The maximum absolute atomic E-state index is 9.71. The van der Waals surface area contributed by atoms with E-state index in [-0.39, 0.29) is 12.2 Å². The third-order valence-corrected chi connectivity index (χ3v) is 6.42. The lowest BCUT2D eigenvalue weighted by atomic mass is 9.89. The van der Waals surface area contributed by atoms with Gasteiger partial charge in [0.2, 0.25) is 0 Å². The van der Waals surface area contributed by atoms with Crippen LogP contribution in [0.15, 0.2) is 72.8 Å². The quantitative estimate of drug-likeness (QED) is 0.469. The minimum Gasteiger partial charge on any atom is -0.508 e. The lowest BCUT2D eigenvalue weighted by molar-refractivity contribution is 0.159. The van der Waals surface area contributed by atoms with Crippen molar-refractivity contribution < 1.29 is 19.7 Å². The van der Waals surface area contributed by atoms with E-state index in [4.69, 9.17) is 14.6 Å². The molecule has 2 N–H and O–H groups in total. The van der Waals surface area contributed by atoms with Crippen LogP contribution in [0.4, 0.5) is 0 Å². The molecule has 34 heavy (non-hydrogen) atoms. The van der Waals surface area contributed by atoms with Crippen LogP contribution in [-0.2, 0) is 0 Å². The van der Waals surface area contributed by atoms with Gasteiger partial charge in [0.05, 0.1) is 0 Å². The van der Waals surface area contributed by atoms with Gasteiger partial charge in [0.15, 0.2) is 0 Å². The van der Waals surface area contributed by atoms with Crippen LogP contribution in [0, 0.1) is 0 Å². The maximum Gasteiger partial charge on any atom is 0.124 e. The predicted octanol–water partition coefficient (Wildman–Crippen LogP) is 6.27. The van der Waals surface area contributed by atoms with Gasteiger partial charge < -0.3 is 19.7 Å². The zero-order valence-electron chi connectivity index (χ0n) is 20.1. The van der Waals surface area contributed by atoms with Gasteiger partial charge in [-0.05, 0) is 93.2 Å². The van der Waals surface area contributed by atoms with Gasteiger partial charge in [0, 0.05) is 12.1 Å². The number of para-hydroxylation sites is 1. The molecule has 1 fully saturated rings. The van der Waals surface area contributed by atoms with E-state index in [1.165, 1.54) is 31.5 Å². The summed E-state index contributed by atoms with van der Waals surface area (Å²) in [6.45, 7) is 7.72. The monoisotopic (exact) mass is 461 g/mol. The predicted molar refractivity (Wildman–Crippen MR) is 135 cm³/mol. The summed E-state index contributed by atoms with van der Waals surface area (Å²) < 4.78 is 12.3. The van der Waals surface area contributed by atoms with Gasteiger partial charge >= 0.3 is 0 Å². The Morgan fingerprint density at radius 2 is 1.65 bits per heavy atom. The summed E-state index contributed by atoms with van der Waals surface area (Å²) >= 11 is 0. The maximum atomic E-state index is 9.71. The fourth-order valence-corrected chi connectivity index (χ4v) is 4.67. The Bertz CT molecular complexity index is 1030. The van der Waals surface area contributed by atoms with Crippen LogP contribution in [0.2, 0.25) is 0 Å². The Morgan fingerprint density at radius 3 is 2.29 bits per heavy atom. The molecule has 2 heterocycles. The molecule has 5 heteroatoms. The van der Waals surface area contributed by atoms with Crippen LogP contribution in [0.3, 0.4) is 0 Å². The van der Waals surface area contributed by atoms with E-state index < -0.39 is 0 Å². The number of ether oxygens (including phenoxy) is 2. The van der Waals surface area contributed by atoms with Gasteiger partial charge in [0.1, 0.15) is 35.2 Å². The first-order valence-electron chi connectivity index (χ1n) is 12.2. The SMILES string of the molecule is C[C@H](CN1CCCC1)Oc1ccc([C@H]2C[C@H](C)c3cc(O)ccc3O2)cc1.Oc1ccccc1. The molecular weight excluding hydrogens is 426 g/mol. The second-order valence-electron chi connectivity index (χ2n) is 9.31. The van der Waals surface area contributed by atoms with Crippen LogP contribution in [-0.4, -0.2) is 40.9 Å². The summed E-state index contributed by atoms with van der Waals surface area (Å²) in [6, 6.07) is 22.4. The first-order chi connectivity index (χ1) is 16.5. The normalized spacial score (nSPS) is 20.4. The van der Waals surface area contributed by atoms with Crippen molar-refractivity contribution in [3.63, 3.8) is 0 Å². The van der Waals surface area contributed by atoms with Crippen molar-refractivity contribution in [2.45, 2.75) is 51.2 Å². The molecule has 0 amide bonds. The molecule has 2 aliphatic rings. The Balaban J connectivity index is 0.000000336. The molecule has 0 unspecified atom stereocenters. The summed E-state index contributed by atoms with van der Waals surface area (Å²) in [5.74, 6) is 2.76. The van der Waals surface area contributed by atoms with Crippen molar-refractivity contribution >= 4 is 0 Å². The van der Waals surface area contributed by atoms with Gasteiger partial charge in [0.25, 0.3) is 0 Å². The average Bonchev–Trinajstić information content (AvgIpc) is 3.34. The van der Waals surface area contributed by atoms with Crippen LogP contribution in [0.1, 0.15) is 56.3 Å². The number of rotatable bonds is 5. The van der Waals surface area contributed by atoms with Gasteiger partial charge in [-0.15, -0.1) is 0 Å². The fourth-order valence-electron chi connectivity index (χ4n) is 4.67. The first-order valence-corrected chi connectivity index (χ1v) is 12.2. The Labute approximate surface area is 202 Å². The Morgan fingerprint density at radius 1 is 0.941 bits per heavy atom. The molecule has 3 atom stereocenters. The van der Waals surface area contributed by atoms with E-state index in [9.17, 15) is 5.11 Å². The molecule has 0 radical (unpaired) electrons. The second-order valence-corrected chi connectivity index (χ2v) is 9.31. The van der Waals surface area contributed by atoms with E-state index in [1.807, 2.05) is 18.2 Å². The number of aromatic hydroxyl groups is 2. The van der Waals surface area contributed by atoms with Gasteiger partial charge in [-0.1, -0.05) is 37.3 Å². The Kier molecular flexibility index (Phi) is 7.96. The van der Waals surface area contributed by atoms with Crippen LogP contribution >= 0.6 is 0 Å². The molecule has 180 valence electrons. The zero-order valence-corrected chi connectivity index (χ0v) is 20.1. The van der Waals surface area contributed by atoms with Crippen LogP contribution in [0.25, 0.3) is 0 Å². The summed E-state index contributed by atoms with van der Waals surface area (Å²) in [5, 5.41) is 18.3. The highest BCUT2D eigenvalue weighted by Crippen LogP contribution is 2.43. The topological polar surface area (TPSA) is 62.2 Å². The lowest BCUT2D eigenvalue weighted by Gasteiger charge is -2.31. The largest absolute Gasteiger partial charge is 0.508 e. The van der Waals surface area contributed by atoms with Crippen molar-refractivity contribution in [2.75, 3.05) is 19.6 Å². The molecule has 0 aliphatic carbocycles.